The van der Waals surface area contributed by atoms with Gasteiger partial charge < -0.3 is 14.9 Å². The molecule has 0 amide bonds. The largest absolute Gasteiger partial charge is 0.504 e. The summed E-state index contributed by atoms with van der Waals surface area (Å²) in [6.45, 7) is 2.29. The minimum absolute atomic E-state index is 0.0566. The first-order valence-corrected chi connectivity index (χ1v) is 15.9. The zero-order valence-electron chi connectivity index (χ0n) is 24.8. The van der Waals surface area contributed by atoms with Crippen LogP contribution in [0.5, 0.6) is 11.5 Å². The fourth-order valence-corrected chi connectivity index (χ4v) is 5.15. The van der Waals surface area contributed by atoms with Gasteiger partial charge >= 0.3 is 5.97 Å². The van der Waals surface area contributed by atoms with E-state index in [0.717, 1.165) is 18.4 Å². The van der Waals surface area contributed by atoms with E-state index >= 15 is 0 Å². The van der Waals surface area contributed by atoms with Gasteiger partial charge in [0.25, 0.3) is 0 Å². The quantitative estimate of drug-likeness (QED) is 0.0923. The van der Waals surface area contributed by atoms with Gasteiger partial charge in [-0.15, -0.1) is 0 Å². The monoisotopic (exact) mass is 530 g/mol. The Morgan fingerprint density at radius 3 is 1.45 bits per heavy atom. The number of phenols is 1. The zero-order valence-corrected chi connectivity index (χ0v) is 24.8. The molecule has 0 aromatic heterocycles. The Balaban J connectivity index is 1.91. The maximum absolute atomic E-state index is 11.6. The van der Waals surface area contributed by atoms with Gasteiger partial charge in [-0.1, -0.05) is 148 Å². The van der Waals surface area contributed by atoms with Gasteiger partial charge in [0.2, 0.25) is 0 Å². The molecule has 0 aliphatic rings. The molecule has 0 saturated carbocycles. The Kier molecular flexibility index (Phi) is 21.6. The molecule has 0 atom stereocenters. The average molecular weight is 531 g/mol. The van der Waals surface area contributed by atoms with Crippen molar-refractivity contribution in [3.63, 3.8) is 0 Å². The van der Waals surface area contributed by atoms with Crippen molar-refractivity contribution in [2.45, 2.75) is 155 Å². The Labute approximate surface area is 234 Å². The van der Waals surface area contributed by atoms with E-state index in [1.807, 2.05) is 0 Å². The molecule has 0 spiro atoms. The lowest BCUT2D eigenvalue weighted by Crippen LogP contribution is -2.00. The number of ether oxygens (including phenoxy) is 1. The van der Waals surface area contributed by atoms with Gasteiger partial charge in [-0.2, -0.15) is 0 Å². The van der Waals surface area contributed by atoms with Crippen molar-refractivity contribution in [2.75, 3.05) is 7.11 Å². The van der Waals surface area contributed by atoms with E-state index in [4.69, 9.17) is 4.74 Å². The lowest BCUT2D eigenvalue weighted by Gasteiger charge is -2.06. The predicted molar refractivity (Wildman–Crippen MR) is 162 cm³/mol. The van der Waals surface area contributed by atoms with Gasteiger partial charge in [0.15, 0.2) is 11.5 Å². The molecular weight excluding hydrogens is 472 g/mol. The Bertz CT molecular complexity index is 740. The summed E-state index contributed by atoms with van der Waals surface area (Å²) in [5.74, 6) is -0.463. The predicted octanol–water partition coefficient (Wildman–Crippen LogP) is 10.9. The second-order valence-corrected chi connectivity index (χ2v) is 11.1. The SMILES string of the molecule is CCCCCCCCCCCCCCCCCCCCCCCCC(=Cc1ccc(O)c(OC)c1)C(=O)O. The number of carbonyl (C=O) groups is 1. The number of methoxy groups -OCH3 is 1. The first-order valence-electron chi connectivity index (χ1n) is 15.9. The van der Waals surface area contributed by atoms with Crippen LogP contribution >= 0.6 is 0 Å². The van der Waals surface area contributed by atoms with Crippen molar-refractivity contribution < 1.29 is 19.7 Å². The summed E-state index contributed by atoms with van der Waals surface area (Å²) in [6, 6.07) is 4.90. The lowest BCUT2D eigenvalue weighted by atomic mass is 10.0. The van der Waals surface area contributed by atoms with E-state index in [9.17, 15) is 15.0 Å². The number of unbranched alkanes of at least 4 members (excludes halogenated alkanes) is 21. The highest BCUT2D eigenvalue weighted by molar-refractivity contribution is 5.92. The number of hydrogen-bond acceptors (Lipinski definition) is 3. The maximum Gasteiger partial charge on any atom is 0.331 e. The molecule has 38 heavy (non-hydrogen) atoms. The van der Waals surface area contributed by atoms with Gasteiger partial charge in [-0.25, -0.2) is 4.79 Å². The van der Waals surface area contributed by atoms with Crippen LogP contribution in [0.1, 0.15) is 160 Å². The zero-order chi connectivity index (χ0) is 27.7. The number of phenolic OH excluding ortho intramolecular Hbond substituents is 1. The summed E-state index contributed by atoms with van der Waals surface area (Å²) in [5, 5.41) is 19.2. The van der Waals surface area contributed by atoms with E-state index in [0.29, 0.717) is 17.7 Å². The first kappa shape index (κ1) is 34.1. The Hall–Kier alpha value is -1.97. The van der Waals surface area contributed by atoms with Crippen LogP contribution < -0.4 is 4.74 Å². The molecule has 4 nitrogen and oxygen atoms in total. The van der Waals surface area contributed by atoms with Gasteiger partial charge in [0, 0.05) is 5.57 Å². The van der Waals surface area contributed by atoms with Crippen LogP contribution in [0.4, 0.5) is 0 Å². The highest BCUT2D eigenvalue weighted by Crippen LogP contribution is 2.28. The summed E-state index contributed by atoms with van der Waals surface area (Å²) < 4.78 is 5.11. The fourth-order valence-electron chi connectivity index (χ4n) is 5.15. The number of carboxylic acid groups (broad SMARTS) is 1. The lowest BCUT2D eigenvalue weighted by molar-refractivity contribution is -0.132. The van der Waals surface area contributed by atoms with Crippen LogP contribution in [0.3, 0.4) is 0 Å². The summed E-state index contributed by atoms with van der Waals surface area (Å²) >= 11 is 0. The molecule has 0 bridgehead atoms. The van der Waals surface area contributed by atoms with Crippen LogP contribution in [0.15, 0.2) is 23.8 Å². The smallest absolute Gasteiger partial charge is 0.331 e. The van der Waals surface area contributed by atoms with Gasteiger partial charge in [-0.05, 0) is 36.6 Å². The average Bonchev–Trinajstić information content (AvgIpc) is 2.91. The molecule has 218 valence electrons. The summed E-state index contributed by atoms with van der Waals surface area (Å²) in [7, 11) is 1.49. The van der Waals surface area contributed by atoms with E-state index in [-0.39, 0.29) is 5.75 Å². The Morgan fingerprint density at radius 1 is 0.684 bits per heavy atom. The number of aromatic hydroxyl groups is 1. The number of hydrogen-bond donors (Lipinski definition) is 2. The number of benzene rings is 1. The molecule has 0 aliphatic carbocycles. The second-order valence-electron chi connectivity index (χ2n) is 11.1. The van der Waals surface area contributed by atoms with E-state index < -0.39 is 5.97 Å². The van der Waals surface area contributed by atoms with Crippen LogP contribution in [0.25, 0.3) is 6.08 Å². The standard InChI is InChI=1S/C34H58O4/c1-3-4-5-6-7-8-9-10-11-12-13-14-15-16-17-18-19-20-21-22-23-24-25-31(34(36)37)28-30-26-27-32(35)33(29-30)38-2/h26-29,35H,3-25H2,1-2H3,(H,36,37). The summed E-state index contributed by atoms with van der Waals surface area (Å²) in [5.41, 5.74) is 1.14. The van der Waals surface area contributed by atoms with Crippen LogP contribution in [-0.2, 0) is 4.79 Å². The van der Waals surface area contributed by atoms with Gasteiger partial charge in [0.05, 0.1) is 7.11 Å². The van der Waals surface area contributed by atoms with Crippen molar-refractivity contribution in [3.05, 3.63) is 29.3 Å². The van der Waals surface area contributed by atoms with Crippen molar-refractivity contribution in [2.24, 2.45) is 0 Å². The molecule has 1 aromatic carbocycles. The van der Waals surface area contributed by atoms with Crippen molar-refractivity contribution >= 4 is 12.0 Å². The van der Waals surface area contributed by atoms with Gasteiger partial charge in [-0.3, -0.25) is 0 Å². The van der Waals surface area contributed by atoms with Crippen molar-refractivity contribution in [3.8, 4) is 11.5 Å². The fraction of sp³-hybridized carbons (Fsp3) is 0.735. The van der Waals surface area contributed by atoms with Crippen LogP contribution in [0.2, 0.25) is 0 Å². The minimum atomic E-state index is -0.875. The molecule has 0 unspecified atom stereocenters. The number of carboxylic acids is 1. The molecule has 0 heterocycles. The van der Waals surface area contributed by atoms with Crippen LogP contribution in [-0.4, -0.2) is 23.3 Å². The molecule has 2 N–H and O–H groups in total. The summed E-state index contributed by atoms with van der Waals surface area (Å²) in [4.78, 5) is 11.6. The molecule has 0 radical (unpaired) electrons. The van der Waals surface area contributed by atoms with E-state index in [1.165, 1.54) is 142 Å². The number of aliphatic carboxylic acids is 1. The number of rotatable bonds is 26. The Morgan fingerprint density at radius 2 is 1.08 bits per heavy atom. The third-order valence-electron chi connectivity index (χ3n) is 7.62. The van der Waals surface area contributed by atoms with Gasteiger partial charge in [0.1, 0.15) is 0 Å². The highest BCUT2D eigenvalue weighted by atomic mass is 16.5. The molecular formula is C34H58O4. The minimum Gasteiger partial charge on any atom is -0.504 e. The molecule has 0 aliphatic heterocycles. The summed E-state index contributed by atoms with van der Waals surface area (Å²) in [6.07, 6.45) is 32.0. The molecule has 0 fully saturated rings. The van der Waals surface area contributed by atoms with Crippen LogP contribution in [0, 0.1) is 0 Å². The van der Waals surface area contributed by atoms with E-state index in [1.54, 1.807) is 18.2 Å². The van der Waals surface area contributed by atoms with Crippen molar-refractivity contribution in [1.82, 2.24) is 0 Å². The third kappa shape index (κ3) is 18.3. The van der Waals surface area contributed by atoms with E-state index in [2.05, 4.69) is 6.92 Å². The normalized spacial score (nSPS) is 11.7. The maximum atomic E-state index is 11.6. The van der Waals surface area contributed by atoms with Crippen molar-refractivity contribution in [1.29, 1.82) is 0 Å². The third-order valence-corrected chi connectivity index (χ3v) is 7.62. The molecule has 1 aromatic rings. The first-order chi connectivity index (χ1) is 18.6. The molecule has 1 rings (SSSR count). The second kappa shape index (κ2) is 24.1. The molecule has 0 saturated heterocycles. The molecule has 4 heteroatoms. The highest BCUT2D eigenvalue weighted by Gasteiger charge is 2.09. The topological polar surface area (TPSA) is 66.8 Å².